The van der Waals surface area contributed by atoms with Gasteiger partial charge in [-0.3, -0.25) is 4.79 Å². The lowest BCUT2D eigenvalue weighted by Crippen LogP contribution is -2.43. The summed E-state index contributed by atoms with van der Waals surface area (Å²) < 4.78 is 21.1. The first-order valence-corrected chi connectivity index (χ1v) is 5.63. The number of carbonyl (C=O) groups excluding carboxylic acids is 1. The Hall–Kier alpha value is -1.04. The van der Waals surface area contributed by atoms with E-state index in [4.69, 9.17) is 4.11 Å². The molecule has 2 N–H and O–H groups in total. The number of aromatic nitrogens is 1. The quantitative estimate of drug-likeness (QED) is 0.856. The van der Waals surface area contributed by atoms with Crippen LogP contribution in [0.5, 0.6) is 0 Å². The first-order valence-electron chi connectivity index (χ1n) is 7.13. The lowest BCUT2D eigenvalue weighted by Gasteiger charge is -2.30. The number of anilines is 1. The molecule has 0 unspecified atom stereocenters. The number of nitrogens with zero attached hydrogens (tertiary/aromatic N) is 2. The molecule has 0 aromatic carbocycles. The molecule has 0 bridgehead atoms. The van der Waals surface area contributed by atoms with E-state index in [-0.39, 0.29) is 30.5 Å². The Morgan fingerprint density at radius 1 is 1.42 bits per heavy atom. The molecule has 0 saturated carbocycles. The highest BCUT2D eigenvalue weighted by Gasteiger charge is 2.14. The van der Waals surface area contributed by atoms with E-state index in [2.05, 4.69) is 15.2 Å². The molecule has 5 nitrogen and oxygen atoms in total. The minimum Gasteiger partial charge on any atom is -0.368 e. The highest BCUT2D eigenvalue weighted by molar-refractivity contribution is 5.92. The zero-order chi connectivity index (χ0) is 14.8. The van der Waals surface area contributed by atoms with Gasteiger partial charge in [-0.25, -0.2) is 4.98 Å². The molecule has 1 amide bonds. The summed E-state index contributed by atoms with van der Waals surface area (Å²) in [4.78, 5) is 18.1. The molecule has 1 aromatic rings. The van der Waals surface area contributed by atoms with Crippen LogP contribution in [0.1, 0.15) is 20.3 Å². The summed E-state index contributed by atoms with van der Waals surface area (Å²) in [6.45, 7) is 2.95. The molecule has 0 aliphatic carbocycles. The van der Waals surface area contributed by atoms with E-state index in [1.165, 1.54) is 0 Å². The highest BCUT2D eigenvalue weighted by atomic mass is 35.5. The second-order valence-electron chi connectivity index (χ2n) is 3.99. The Morgan fingerprint density at radius 2 is 2.11 bits per heavy atom. The van der Waals surface area contributed by atoms with Gasteiger partial charge in [0.2, 0.25) is 0 Å². The minimum absolute atomic E-state index is 0. The first-order chi connectivity index (χ1) is 9.37. The normalized spacial score (nSPS) is 17.1. The number of rotatable bonds is 2. The van der Waals surface area contributed by atoms with Crippen LogP contribution in [0.25, 0.3) is 0 Å². The lowest BCUT2D eigenvalue weighted by atomic mass is 10.2. The number of hydrogen-bond acceptors (Lipinski definition) is 4. The molecule has 108 valence electrons. The zero-order valence-corrected chi connectivity index (χ0v) is 12.2. The molecule has 0 atom stereocenters. The maximum Gasteiger partial charge on any atom is 0.269 e. The van der Waals surface area contributed by atoms with E-state index in [1.807, 2.05) is 18.3 Å². The van der Waals surface area contributed by atoms with Crippen LogP contribution >= 0.6 is 24.8 Å². The van der Waals surface area contributed by atoms with Crippen LogP contribution in [0.3, 0.4) is 0 Å². The predicted octanol–water partition coefficient (Wildman–Crippen LogP) is 1.00. The average Bonchev–Trinajstić information content (AvgIpc) is 2.37. The van der Waals surface area contributed by atoms with Gasteiger partial charge in [-0.2, -0.15) is 0 Å². The Kier molecular flexibility index (Phi) is 5.59. The Labute approximate surface area is 130 Å². The topological polar surface area (TPSA) is 57.3 Å². The van der Waals surface area contributed by atoms with E-state index in [9.17, 15) is 4.79 Å². The summed E-state index contributed by atoms with van der Waals surface area (Å²) in [5.41, 5.74) is 1.83. The standard InChI is InChI=1S/C12H18N4O.2ClH/c1-9-11(16-7-5-14-6-8-16)4-3-10(15-9)12(17)13-2;;/h3-4,14H,5-8H2,1-2H3,(H,13,17);2*1H/i2D3;;. The molecule has 2 heterocycles. The van der Waals surface area contributed by atoms with Crippen LogP contribution in [0.2, 0.25) is 0 Å². The zero-order valence-electron chi connectivity index (χ0n) is 13.6. The van der Waals surface area contributed by atoms with Crippen molar-refractivity contribution in [3.63, 3.8) is 0 Å². The van der Waals surface area contributed by atoms with Crippen LogP contribution in [-0.4, -0.2) is 44.0 Å². The molecule has 1 fully saturated rings. The monoisotopic (exact) mass is 309 g/mol. The third kappa shape index (κ3) is 4.23. The Bertz CT molecular complexity index is 508. The van der Waals surface area contributed by atoms with Crippen molar-refractivity contribution in [3.8, 4) is 0 Å². The fourth-order valence-corrected chi connectivity index (χ4v) is 1.98. The molecule has 19 heavy (non-hydrogen) atoms. The SMILES string of the molecule is Cl.Cl.[2H]C([2H])([2H])NC(=O)c1ccc(N2CCNCC2)c(C)n1. The van der Waals surface area contributed by atoms with Gasteiger partial charge in [-0.15, -0.1) is 24.8 Å². The number of piperazine rings is 1. The second kappa shape index (κ2) is 8.19. The van der Waals surface area contributed by atoms with Crippen molar-refractivity contribution in [1.82, 2.24) is 15.6 Å². The smallest absolute Gasteiger partial charge is 0.269 e. The van der Waals surface area contributed by atoms with Crippen molar-refractivity contribution in [2.45, 2.75) is 6.92 Å². The summed E-state index contributed by atoms with van der Waals surface area (Å²) in [6, 6.07) is 3.38. The summed E-state index contributed by atoms with van der Waals surface area (Å²) >= 11 is 0. The van der Waals surface area contributed by atoms with Crippen LogP contribution in [0.4, 0.5) is 5.69 Å². The first kappa shape index (κ1) is 13.0. The van der Waals surface area contributed by atoms with Crippen molar-refractivity contribution < 1.29 is 8.91 Å². The maximum atomic E-state index is 11.7. The average molecular weight is 310 g/mol. The van der Waals surface area contributed by atoms with Crippen molar-refractivity contribution in [3.05, 3.63) is 23.5 Å². The molecule has 1 aliphatic heterocycles. The minimum atomic E-state index is -2.50. The van der Waals surface area contributed by atoms with Gasteiger partial charge in [0.25, 0.3) is 5.91 Å². The molecule has 0 radical (unpaired) electrons. The number of hydrogen-bond donors (Lipinski definition) is 2. The van der Waals surface area contributed by atoms with E-state index in [1.54, 1.807) is 6.07 Å². The number of carbonyl (C=O) groups is 1. The van der Waals surface area contributed by atoms with Gasteiger partial charge in [0.15, 0.2) is 0 Å². The molecular formula is C12H20Cl2N4O. The number of aryl methyl sites for hydroxylation is 1. The molecule has 2 rings (SSSR count). The molecular weight excluding hydrogens is 287 g/mol. The summed E-state index contributed by atoms with van der Waals surface area (Å²) in [7, 11) is 0. The van der Waals surface area contributed by atoms with Gasteiger partial charge in [0.05, 0.1) is 11.4 Å². The lowest BCUT2D eigenvalue weighted by molar-refractivity contribution is 0.0958. The number of nitrogens with one attached hydrogen (secondary N) is 2. The summed E-state index contributed by atoms with van der Waals surface area (Å²) in [6.07, 6.45) is 0. The third-order valence-electron chi connectivity index (χ3n) is 2.86. The van der Waals surface area contributed by atoms with E-state index in [0.29, 0.717) is 0 Å². The molecule has 1 saturated heterocycles. The van der Waals surface area contributed by atoms with Crippen LogP contribution in [0, 0.1) is 6.92 Å². The number of pyridine rings is 1. The Morgan fingerprint density at radius 3 is 2.68 bits per heavy atom. The largest absolute Gasteiger partial charge is 0.368 e. The fourth-order valence-electron chi connectivity index (χ4n) is 1.98. The van der Waals surface area contributed by atoms with Crippen LogP contribution in [-0.2, 0) is 0 Å². The Balaban J connectivity index is 0.00000220. The van der Waals surface area contributed by atoms with Crippen LogP contribution < -0.4 is 15.5 Å². The third-order valence-corrected chi connectivity index (χ3v) is 2.86. The number of amides is 1. The van der Waals surface area contributed by atoms with Gasteiger partial charge >= 0.3 is 0 Å². The van der Waals surface area contributed by atoms with Crippen molar-refractivity contribution in [2.24, 2.45) is 0 Å². The van der Waals surface area contributed by atoms with Gasteiger partial charge in [-0.1, -0.05) is 0 Å². The second-order valence-corrected chi connectivity index (χ2v) is 3.99. The maximum absolute atomic E-state index is 11.7. The van der Waals surface area contributed by atoms with E-state index < -0.39 is 12.9 Å². The van der Waals surface area contributed by atoms with E-state index in [0.717, 1.165) is 37.6 Å². The van der Waals surface area contributed by atoms with Gasteiger partial charge in [0, 0.05) is 37.3 Å². The van der Waals surface area contributed by atoms with Gasteiger partial charge in [0.1, 0.15) is 5.69 Å². The summed E-state index contributed by atoms with van der Waals surface area (Å²) in [5, 5.41) is 5.21. The fraction of sp³-hybridized carbons (Fsp3) is 0.500. The number of halogens is 2. The van der Waals surface area contributed by atoms with E-state index >= 15 is 0 Å². The summed E-state index contributed by atoms with van der Waals surface area (Å²) in [5.74, 6) is -0.681. The van der Waals surface area contributed by atoms with Crippen molar-refractivity contribution in [2.75, 3.05) is 38.1 Å². The molecule has 1 aromatic heterocycles. The predicted molar refractivity (Wildman–Crippen MR) is 81.9 cm³/mol. The van der Waals surface area contributed by atoms with Gasteiger partial charge < -0.3 is 15.5 Å². The molecule has 0 spiro atoms. The molecule has 1 aliphatic rings. The van der Waals surface area contributed by atoms with Crippen LogP contribution in [0.15, 0.2) is 12.1 Å². The molecule has 7 heteroatoms. The van der Waals surface area contributed by atoms with Crippen molar-refractivity contribution in [1.29, 1.82) is 0 Å². The highest BCUT2D eigenvalue weighted by Crippen LogP contribution is 2.18. The van der Waals surface area contributed by atoms with Crippen molar-refractivity contribution >= 4 is 36.4 Å². The van der Waals surface area contributed by atoms with Gasteiger partial charge in [-0.05, 0) is 19.1 Å².